The number of hydrogen-bond acceptors (Lipinski definition) is 5. The van der Waals surface area contributed by atoms with Crippen molar-refractivity contribution in [2.45, 2.75) is 10.6 Å². The second-order valence-electron chi connectivity index (χ2n) is 4.51. The minimum absolute atomic E-state index is 0.0274. The van der Waals surface area contributed by atoms with Crippen LogP contribution in [0.15, 0.2) is 53.4 Å². The molecule has 0 amide bonds. The molecule has 114 valence electrons. The normalized spacial score (nSPS) is 11.1. The smallest absolute Gasteiger partial charge is 0.335 e. The molecule has 22 heavy (non-hydrogen) atoms. The number of benzene rings is 2. The molecule has 0 heterocycles. The van der Waals surface area contributed by atoms with E-state index in [4.69, 9.17) is 5.11 Å². The van der Waals surface area contributed by atoms with Gasteiger partial charge in [0, 0.05) is 12.1 Å². The summed E-state index contributed by atoms with van der Waals surface area (Å²) < 4.78 is 24.4. The lowest BCUT2D eigenvalue weighted by Crippen LogP contribution is -2.05. The zero-order chi connectivity index (χ0) is 16.3. The zero-order valence-corrected chi connectivity index (χ0v) is 12.0. The summed E-state index contributed by atoms with van der Waals surface area (Å²) in [4.78, 5) is 20.6. The molecule has 2 aromatic rings. The van der Waals surface area contributed by atoms with Gasteiger partial charge < -0.3 is 5.11 Å². The highest BCUT2D eigenvalue weighted by molar-refractivity contribution is 7.90. The summed E-state index contributed by atoms with van der Waals surface area (Å²) in [5.41, 5.74) is 0.310. The average molecular weight is 321 g/mol. The Morgan fingerprint density at radius 1 is 1.05 bits per heavy atom. The molecular formula is C14H11NO6S. The van der Waals surface area contributed by atoms with Gasteiger partial charge in [-0.15, -0.1) is 0 Å². The Labute approximate surface area is 125 Å². The molecule has 0 spiro atoms. The van der Waals surface area contributed by atoms with Crippen LogP contribution in [0.2, 0.25) is 0 Å². The number of nitro benzene ring substituents is 1. The van der Waals surface area contributed by atoms with Gasteiger partial charge in [-0.2, -0.15) is 0 Å². The molecule has 8 heteroatoms. The summed E-state index contributed by atoms with van der Waals surface area (Å²) in [6, 6.07) is 10.1. The molecule has 0 atom stereocenters. The third kappa shape index (κ3) is 3.47. The van der Waals surface area contributed by atoms with Gasteiger partial charge in [0.05, 0.1) is 21.1 Å². The van der Waals surface area contributed by atoms with Crippen LogP contribution in [0.5, 0.6) is 0 Å². The third-order valence-corrected chi connectivity index (χ3v) is 4.67. The SMILES string of the molecule is O=C(O)c1ccc(CS(=O)(=O)c2ccc([N+](=O)[O-])cc2)cc1. The fourth-order valence-electron chi connectivity index (χ4n) is 1.82. The van der Waals surface area contributed by atoms with E-state index in [1.165, 1.54) is 36.4 Å². The van der Waals surface area contributed by atoms with Gasteiger partial charge in [0.15, 0.2) is 9.84 Å². The number of nitrogens with zero attached hydrogens (tertiary/aromatic N) is 1. The van der Waals surface area contributed by atoms with Gasteiger partial charge in [0.25, 0.3) is 5.69 Å². The van der Waals surface area contributed by atoms with Crippen molar-refractivity contribution in [1.82, 2.24) is 0 Å². The molecule has 7 nitrogen and oxygen atoms in total. The molecular weight excluding hydrogens is 310 g/mol. The highest BCUT2D eigenvalue weighted by atomic mass is 32.2. The number of sulfone groups is 1. The molecule has 1 N–H and O–H groups in total. The lowest BCUT2D eigenvalue weighted by atomic mass is 10.1. The van der Waals surface area contributed by atoms with Crippen molar-refractivity contribution >= 4 is 21.5 Å². The number of carboxylic acid groups (broad SMARTS) is 1. The van der Waals surface area contributed by atoms with Crippen molar-refractivity contribution in [2.75, 3.05) is 0 Å². The third-order valence-electron chi connectivity index (χ3n) is 2.96. The summed E-state index contributed by atoms with van der Waals surface area (Å²) >= 11 is 0. The van der Waals surface area contributed by atoms with Gasteiger partial charge in [0.1, 0.15) is 0 Å². The second-order valence-corrected chi connectivity index (χ2v) is 6.50. The Morgan fingerprint density at radius 3 is 2.05 bits per heavy atom. The summed E-state index contributed by atoms with van der Waals surface area (Å²) in [5, 5.41) is 19.3. The van der Waals surface area contributed by atoms with Gasteiger partial charge >= 0.3 is 5.97 Å². The minimum Gasteiger partial charge on any atom is -0.478 e. The number of aromatic carboxylic acids is 1. The maximum Gasteiger partial charge on any atom is 0.335 e. The standard InChI is InChI=1S/C14H11NO6S/c16-14(17)11-3-1-10(2-4-11)9-22(20,21)13-7-5-12(6-8-13)15(18)19/h1-8H,9H2,(H,16,17). The van der Waals surface area contributed by atoms with E-state index in [1.807, 2.05) is 0 Å². The van der Waals surface area contributed by atoms with Crippen LogP contribution in [0.4, 0.5) is 5.69 Å². The molecule has 0 unspecified atom stereocenters. The van der Waals surface area contributed by atoms with E-state index < -0.39 is 20.7 Å². The highest BCUT2D eigenvalue weighted by Crippen LogP contribution is 2.20. The topological polar surface area (TPSA) is 115 Å². The van der Waals surface area contributed by atoms with Crippen LogP contribution in [0, 0.1) is 10.1 Å². The Balaban J connectivity index is 2.23. The number of carbonyl (C=O) groups is 1. The van der Waals surface area contributed by atoms with Crippen LogP contribution in [0.3, 0.4) is 0 Å². The molecule has 0 aliphatic heterocycles. The summed E-state index contributed by atoms with van der Waals surface area (Å²) in [7, 11) is -3.66. The van der Waals surface area contributed by atoms with Gasteiger partial charge in [-0.25, -0.2) is 13.2 Å². The second kappa shape index (κ2) is 5.94. The van der Waals surface area contributed by atoms with Crippen molar-refractivity contribution in [3.63, 3.8) is 0 Å². The summed E-state index contributed by atoms with van der Waals surface area (Å²) in [5.74, 6) is -1.41. The number of nitro groups is 1. The Bertz CT molecular complexity index is 809. The van der Waals surface area contributed by atoms with E-state index in [9.17, 15) is 23.3 Å². The van der Waals surface area contributed by atoms with Crippen molar-refractivity contribution in [1.29, 1.82) is 0 Å². The van der Waals surface area contributed by atoms with Crippen LogP contribution in [0.25, 0.3) is 0 Å². The first-order chi connectivity index (χ1) is 10.3. The van der Waals surface area contributed by atoms with Gasteiger partial charge in [-0.3, -0.25) is 10.1 Å². The van der Waals surface area contributed by atoms with E-state index in [0.29, 0.717) is 5.56 Å². The van der Waals surface area contributed by atoms with Crippen molar-refractivity contribution in [3.05, 3.63) is 69.8 Å². The molecule has 0 bridgehead atoms. The zero-order valence-electron chi connectivity index (χ0n) is 11.2. The van der Waals surface area contributed by atoms with E-state index in [0.717, 1.165) is 12.1 Å². The van der Waals surface area contributed by atoms with E-state index >= 15 is 0 Å². The first-order valence-corrected chi connectivity index (χ1v) is 7.74. The molecule has 0 aliphatic carbocycles. The van der Waals surface area contributed by atoms with Crippen LogP contribution in [0.1, 0.15) is 15.9 Å². The Kier molecular flexibility index (Phi) is 4.22. The van der Waals surface area contributed by atoms with Gasteiger partial charge in [-0.05, 0) is 29.8 Å². The first-order valence-electron chi connectivity index (χ1n) is 6.09. The summed E-state index contributed by atoms with van der Waals surface area (Å²) in [6.45, 7) is 0. The lowest BCUT2D eigenvalue weighted by Gasteiger charge is -2.05. The van der Waals surface area contributed by atoms with E-state index in [2.05, 4.69) is 0 Å². The lowest BCUT2D eigenvalue weighted by molar-refractivity contribution is -0.384. The Hall–Kier alpha value is -2.74. The van der Waals surface area contributed by atoms with Crippen LogP contribution in [-0.2, 0) is 15.6 Å². The largest absolute Gasteiger partial charge is 0.478 e. The highest BCUT2D eigenvalue weighted by Gasteiger charge is 2.17. The van der Waals surface area contributed by atoms with Gasteiger partial charge in [0.2, 0.25) is 0 Å². The number of non-ortho nitro benzene ring substituents is 1. The van der Waals surface area contributed by atoms with E-state index in [1.54, 1.807) is 0 Å². The quantitative estimate of drug-likeness (QED) is 0.667. The fourth-order valence-corrected chi connectivity index (χ4v) is 3.17. The minimum atomic E-state index is -3.66. The fraction of sp³-hybridized carbons (Fsp3) is 0.0714. The van der Waals surface area contributed by atoms with Crippen molar-refractivity contribution in [2.24, 2.45) is 0 Å². The molecule has 0 saturated carbocycles. The summed E-state index contributed by atoms with van der Waals surface area (Å²) in [6.07, 6.45) is 0. The molecule has 0 aromatic heterocycles. The monoisotopic (exact) mass is 321 g/mol. The van der Waals surface area contributed by atoms with E-state index in [-0.39, 0.29) is 21.9 Å². The molecule has 0 fully saturated rings. The predicted molar refractivity (Wildman–Crippen MR) is 77.4 cm³/mol. The van der Waals surface area contributed by atoms with Crippen molar-refractivity contribution < 1.29 is 23.2 Å². The average Bonchev–Trinajstić information content (AvgIpc) is 2.47. The molecule has 0 radical (unpaired) electrons. The van der Waals surface area contributed by atoms with Crippen LogP contribution >= 0.6 is 0 Å². The maximum atomic E-state index is 12.2. The molecule has 2 rings (SSSR count). The molecule has 0 aliphatic rings. The number of hydrogen-bond donors (Lipinski definition) is 1. The predicted octanol–water partition coefficient (Wildman–Crippen LogP) is 2.27. The maximum absolute atomic E-state index is 12.2. The molecule has 2 aromatic carbocycles. The van der Waals surface area contributed by atoms with Gasteiger partial charge in [-0.1, -0.05) is 12.1 Å². The number of rotatable bonds is 5. The Morgan fingerprint density at radius 2 is 1.59 bits per heavy atom. The van der Waals surface area contributed by atoms with Crippen molar-refractivity contribution in [3.8, 4) is 0 Å². The molecule has 0 saturated heterocycles. The first kappa shape index (κ1) is 15.6. The van der Waals surface area contributed by atoms with Crippen LogP contribution in [-0.4, -0.2) is 24.4 Å². The van der Waals surface area contributed by atoms with Crippen LogP contribution < -0.4 is 0 Å². The number of carboxylic acids is 1.